The van der Waals surface area contributed by atoms with Crippen LogP contribution in [0.25, 0.3) is 0 Å². The lowest BCUT2D eigenvalue weighted by Crippen LogP contribution is -2.41. The Hall–Kier alpha value is -1.45. The van der Waals surface area contributed by atoms with Gasteiger partial charge in [0.15, 0.2) is 0 Å². The smallest absolute Gasteiger partial charge is 0.308 e. The molecule has 1 amide bonds. The zero-order chi connectivity index (χ0) is 15.6. The van der Waals surface area contributed by atoms with Crippen LogP contribution in [-0.4, -0.2) is 42.8 Å². The maximum absolute atomic E-state index is 12.4. The van der Waals surface area contributed by atoms with Crippen LogP contribution in [0.4, 0.5) is 0 Å². The van der Waals surface area contributed by atoms with E-state index in [-0.39, 0.29) is 29.6 Å². The van der Waals surface area contributed by atoms with Crippen molar-refractivity contribution in [1.29, 1.82) is 0 Å². The van der Waals surface area contributed by atoms with Crippen LogP contribution >= 0.6 is 11.3 Å². The van der Waals surface area contributed by atoms with E-state index in [1.54, 1.807) is 0 Å². The second kappa shape index (κ2) is 6.12. The van der Waals surface area contributed by atoms with Crippen LogP contribution in [0.15, 0.2) is 16.3 Å². The van der Waals surface area contributed by atoms with Gasteiger partial charge in [-0.1, -0.05) is 0 Å². The number of nitrogens with zero attached hydrogens (tertiary/aromatic N) is 1. The molecular weight excluding hydrogens is 316 g/mol. The fourth-order valence-electron chi connectivity index (χ4n) is 2.25. The molecular formula is C12H16N2O5S2. The molecule has 1 aliphatic rings. The van der Waals surface area contributed by atoms with Crippen molar-refractivity contribution in [2.45, 2.75) is 23.5 Å². The van der Waals surface area contributed by atoms with Crippen LogP contribution in [0, 0.1) is 5.92 Å². The number of primary amides is 1. The van der Waals surface area contributed by atoms with Gasteiger partial charge in [0.25, 0.3) is 10.0 Å². The van der Waals surface area contributed by atoms with Crippen molar-refractivity contribution in [1.82, 2.24) is 4.31 Å². The first-order valence-electron chi connectivity index (χ1n) is 6.40. The lowest BCUT2D eigenvalue weighted by atomic mass is 9.98. The van der Waals surface area contributed by atoms with Gasteiger partial charge in [-0.25, -0.2) is 8.42 Å². The Kier molecular flexibility index (Phi) is 4.64. The van der Waals surface area contributed by atoms with E-state index >= 15 is 0 Å². The van der Waals surface area contributed by atoms with Gasteiger partial charge in [-0.2, -0.15) is 4.31 Å². The zero-order valence-electron chi connectivity index (χ0n) is 11.2. The van der Waals surface area contributed by atoms with Crippen LogP contribution in [0.1, 0.15) is 17.7 Å². The average molecular weight is 332 g/mol. The third-order valence-electron chi connectivity index (χ3n) is 3.41. The Morgan fingerprint density at radius 1 is 1.33 bits per heavy atom. The first kappa shape index (κ1) is 15.9. The topological polar surface area (TPSA) is 118 Å². The third kappa shape index (κ3) is 3.60. The summed E-state index contributed by atoms with van der Waals surface area (Å²) in [6, 6.07) is 2.94. The number of sulfonamides is 1. The van der Waals surface area contributed by atoms with E-state index in [0.717, 1.165) is 11.3 Å². The van der Waals surface area contributed by atoms with Crippen molar-refractivity contribution in [2.24, 2.45) is 11.7 Å². The van der Waals surface area contributed by atoms with Crippen LogP contribution in [-0.2, 0) is 26.0 Å². The molecule has 0 atom stereocenters. The van der Waals surface area contributed by atoms with Gasteiger partial charge in [0.2, 0.25) is 5.91 Å². The molecule has 0 saturated carbocycles. The van der Waals surface area contributed by atoms with Crippen LogP contribution in [0.3, 0.4) is 0 Å². The van der Waals surface area contributed by atoms with Gasteiger partial charge in [-0.05, 0) is 25.0 Å². The van der Waals surface area contributed by atoms with Gasteiger partial charge >= 0.3 is 5.97 Å². The molecule has 1 aromatic heterocycles. The maximum atomic E-state index is 12.4. The third-order valence-corrected chi connectivity index (χ3v) is 6.86. The normalized spacial score (nSPS) is 17.7. The Bertz CT molecular complexity index is 644. The molecule has 0 aliphatic carbocycles. The fourth-order valence-corrected chi connectivity index (χ4v) is 5.22. The van der Waals surface area contributed by atoms with E-state index in [2.05, 4.69) is 0 Å². The number of carbonyl (C=O) groups excluding carboxylic acids is 1. The first-order chi connectivity index (χ1) is 9.80. The van der Waals surface area contributed by atoms with Crippen molar-refractivity contribution < 1.29 is 23.1 Å². The molecule has 0 aromatic carbocycles. The predicted octanol–water partition coefficient (Wildman–Crippen LogP) is 0.261. The molecule has 1 saturated heterocycles. The molecule has 21 heavy (non-hydrogen) atoms. The highest BCUT2D eigenvalue weighted by Gasteiger charge is 2.32. The van der Waals surface area contributed by atoms with Crippen LogP contribution in [0.2, 0.25) is 0 Å². The van der Waals surface area contributed by atoms with E-state index in [9.17, 15) is 18.0 Å². The Morgan fingerprint density at radius 2 is 1.95 bits per heavy atom. The minimum Gasteiger partial charge on any atom is -0.481 e. The van der Waals surface area contributed by atoms with Crippen molar-refractivity contribution in [2.75, 3.05) is 13.1 Å². The second-order valence-corrected chi connectivity index (χ2v) is 8.21. The molecule has 1 fully saturated rings. The molecule has 1 aliphatic heterocycles. The standard InChI is InChI=1S/C12H16N2O5S2/c13-12(17)8-3-5-14(6-4-8)21(18,19)11-2-1-9(20-11)7-10(15)16/h1-2,8H,3-7H2,(H2,13,17)(H,15,16). The van der Waals surface area contributed by atoms with Crippen molar-refractivity contribution >= 4 is 33.2 Å². The number of thiophene rings is 1. The number of rotatable bonds is 5. The molecule has 2 heterocycles. The van der Waals surface area contributed by atoms with Gasteiger partial charge < -0.3 is 10.8 Å². The van der Waals surface area contributed by atoms with Crippen molar-refractivity contribution in [3.05, 3.63) is 17.0 Å². The van der Waals surface area contributed by atoms with Crippen molar-refractivity contribution in [3.8, 4) is 0 Å². The number of nitrogens with two attached hydrogens (primary N) is 1. The number of carboxylic acids is 1. The number of carbonyl (C=O) groups is 2. The van der Waals surface area contributed by atoms with E-state index in [1.807, 2.05) is 0 Å². The molecule has 116 valence electrons. The molecule has 1 aromatic rings. The molecule has 0 bridgehead atoms. The number of amides is 1. The molecule has 0 unspecified atom stereocenters. The predicted molar refractivity (Wildman–Crippen MR) is 76.3 cm³/mol. The van der Waals surface area contributed by atoms with Gasteiger partial charge in [0, 0.05) is 23.9 Å². The highest BCUT2D eigenvalue weighted by molar-refractivity contribution is 7.91. The lowest BCUT2D eigenvalue weighted by Gasteiger charge is -2.29. The number of hydrogen-bond acceptors (Lipinski definition) is 5. The maximum Gasteiger partial charge on any atom is 0.308 e. The molecule has 2 rings (SSSR count). The highest BCUT2D eigenvalue weighted by atomic mass is 32.2. The van der Waals surface area contributed by atoms with E-state index in [0.29, 0.717) is 17.7 Å². The van der Waals surface area contributed by atoms with Crippen LogP contribution in [0.5, 0.6) is 0 Å². The molecule has 7 nitrogen and oxygen atoms in total. The minimum atomic E-state index is -3.62. The number of carboxylic acid groups (broad SMARTS) is 1. The number of piperidine rings is 1. The van der Waals surface area contributed by atoms with E-state index in [1.165, 1.54) is 16.4 Å². The minimum absolute atomic E-state index is 0.135. The summed E-state index contributed by atoms with van der Waals surface area (Å²) in [5.41, 5.74) is 5.22. The summed E-state index contributed by atoms with van der Waals surface area (Å²) in [5.74, 6) is -1.67. The zero-order valence-corrected chi connectivity index (χ0v) is 12.8. The summed E-state index contributed by atoms with van der Waals surface area (Å²) in [4.78, 5) is 22.2. The number of hydrogen-bond donors (Lipinski definition) is 2. The molecule has 3 N–H and O–H groups in total. The summed E-state index contributed by atoms with van der Waals surface area (Å²) >= 11 is 0.967. The summed E-state index contributed by atoms with van der Waals surface area (Å²) in [6.07, 6.45) is 0.647. The van der Waals surface area contributed by atoms with E-state index < -0.39 is 21.9 Å². The van der Waals surface area contributed by atoms with Gasteiger partial charge in [0.05, 0.1) is 6.42 Å². The van der Waals surface area contributed by atoms with E-state index in [4.69, 9.17) is 10.8 Å². The molecule has 0 spiro atoms. The summed E-state index contributed by atoms with van der Waals surface area (Å²) in [7, 11) is -3.62. The van der Waals surface area contributed by atoms with Crippen LogP contribution < -0.4 is 5.73 Å². The number of aliphatic carboxylic acids is 1. The Balaban J connectivity index is 2.10. The van der Waals surface area contributed by atoms with Crippen molar-refractivity contribution in [3.63, 3.8) is 0 Å². The lowest BCUT2D eigenvalue weighted by molar-refractivity contribution is -0.136. The quantitative estimate of drug-likeness (QED) is 0.802. The summed E-state index contributed by atoms with van der Waals surface area (Å²) in [5, 5.41) is 8.71. The summed E-state index contributed by atoms with van der Waals surface area (Å²) < 4.78 is 26.3. The Morgan fingerprint density at radius 3 is 2.48 bits per heavy atom. The van der Waals surface area contributed by atoms with Gasteiger partial charge in [-0.3, -0.25) is 9.59 Å². The highest BCUT2D eigenvalue weighted by Crippen LogP contribution is 2.28. The second-order valence-electron chi connectivity index (χ2n) is 4.87. The largest absolute Gasteiger partial charge is 0.481 e. The van der Waals surface area contributed by atoms with Gasteiger partial charge in [0.1, 0.15) is 4.21 Å². The fraction of sp³-hybridized carbons (Fsp3) is 0.500. The summed E-state index contributed by atoms with van der Waals surface area (Å²) in [6.45, 7) is 0.504. The monoisotopic (exact) mass is 332 g/mol. The molecule has 9 heteroatoms. The van der Waals surface area contributed by atoms with Gasteiger partial charge in [-0.15, -0.1) is 11.3 Å². The average Bonchev–Trinajstić information content (AvgIpc) is 2.87. The molecule has 0 radical (unpaired) electrons. The Labute approximate surface area is 126 Å². The first-order valence-corrected chi connectivity index (χ1v) is 8.66. The SMILES string of the molecule is NC(=O)C1CCN(S(=O)(=O)c2ccc(CC(=O)O)s2)CC1.